The van der Waals surface area contributed by atoms with Crippen molar-refractivity contribution < 1.29 is 0 Å². The molecule has 2 aromatic rings. The lowest BCUT2D eigenvalue weighted by Crippen LogP contribution is -2.04. The molecule has 0 bridgehead atoms. The number of hydrogen-bond acceptors (Lipinski definition) is 1. The molecule has 1 nitrogen and oxygen atoms in total. The van der Waals surface area contributed by atoms with Gasteiger partial charge in [-0.1, -0.05) is 54.9 Å². The highest BCUT2D eigenvalue weighted by molar-refractivity contribution is 6.30. The van der Waals surface area contributed by atoms with Crippen LogP contribution in [-0.4, -0.2) is 6.54 Å². The van der Waals surface area contributed by atoms with Gasteiger partial charge in [0.2, 0.25) is 0 Å². The number of hydrogen-bond donors (Lipinski definition) is 1. The zero-order chi connectivity index (χ0) is 13.0. The zero-order valence-corrected chi connectivity index (χ0v) is 11.3. The lowest BCUT2D eigenvalue weighted by Gasteiger charge is -2.12. The Bertz CT molecular complexity index is 522. The fourth-order valence-electron chi connectivity index (χ4n) is 2.11. The van der Waals surface area contributed by atoms with E-state index in [0.717, 1.165) is 23.6 Å². The summed E-state index contributed by atoms with van der Waals surface area (Å²) in [6, 6.07) is 16.6. The Hall–Kier alpha value is -1.31. The van der Waals surface area contributed by atoms with E-state index in [1.807, 2.05) is 18.2 Å². The molecule has 0 aliphatic rings. The summed E-state index contributed by atoms with van der Waals surface area (Å²) in [7, 11) is 0. The fourth-order valence-corrected chi connectivity index (χ4v) is 2.30. The molecule has 0 aromatic heterocycles. The minimum absolute atomic E-state index is 0.495. The van der Waals surface area contributed by atoms with Gasteiger partial charge in [-0.3, -0.25) is 0 Å². The van der Waals surface area contributed by atoms with Crippen LogP contribution in [0.4, 0.5) is 0 Å². The maximum Gasteiger partial charge on any atom is 0.0412 e. The van der Waals surface area contributed by atoms with E-state index in [4.69, 9.17) is 17.3 Å². The monoisotopic (exact) mass is 259 g/mol. The molecule has 2 N–H and O–H groups in total. The van der Waals surface area contributed by atoms with Crippen LogP contribution in [0.2, 0.25) is 5.02 Å². The summed E-state index contributed by atoms with van der Waals surface area (Å²) in [6.45, 7) is 2.94. The first-order valence-corrected chi connectivity index (χ1v) is 6.64. The van der Waals surface area contributed by atoms with E-state index in [1.54, 1.807) is 0 Å². The number of rotatable bonds is 4. The second-order valence-electron chi connectivity index (χ2n) is 4.61. The van der Waals surface area contributed by atoms with Gasteiger partial charge in [0.05, 0.1) is 0 Å². The predicted molar refractivity (Wildman–Crippen MR) is 79.0 cm³/mol. The molecule has 1 unspecified atom stereocenters. The van der Waals surface area contributed by atoms with E-state index in [0.29, 0.717) is 5.92 Å². The first-order chi connectivity index (χ1) is 8.70. The van der Waals surface area contributed by atoms with Crippen molar-refractivity contribution >= 4 is 11.6 Å². The standard InChI is InChI=1S/C16H18ClN/c1-12(8-9-18)13-4-2-5-14(10-13)15-6-3-7-16(17)11-15/h2-7,10-12H,8-9,18H2,1H3. The van der Waals surface area contributed by atoms with Crippen molar-refractivity contribution in [2.75, 3.05) is 6.54 Å². The van der Waals surface area contributed by atoms with Gasteiger partial charge in [0.15, 0.2) is 0 Å². The Labute approximate surface area is 114 Å². The molecule has 0 saturated carbocycles. The van der Waals surface area contributed by atoms with E-state index < -0.39 is 0 Å². The van der Waals surface area contributed by atoms with Gasteiger partial charge in [-0.25, -0.2) is 0 Å². The molecule has 1 atom stereocenters. The van der Waals surface area contributed by atoms with Crippen LogP contribution >= 0.6 is 11.6 Å². The number of benzene rings is 2. The second kappa shape index (κ2) is 6.03. The molecule has 0 saturated heterocycles. The van der Waals surface area contributed by atoms with Crippen LogP contribution in [0.15, 0.2) is 48.5 Å². The normalized spacial score (nSPS) is 12.4. The molecule has 0 heterocycles. The molecule has 0 radical (unpaired) electrons. The van der Waals surface area contributed by atoms with Crippen molar-refractivity contribution in [2.45, 2.75) is 19.3 Å². The van der Waals surface area contributed by atoms with Crippen LogP contribution in [0.1, 0.15) is 24.8 Å². The molecule has 2 rings (SSSR count). The molecule has 0 fully saturated rings. The smallest absolute Gasteiger partial charge is 0.0412 e. The Morgan fingerprint density at radius 1 is 1.06 bits per heavy atom. The highest BCUT2D eigenvalue weighted by atomic mass is 35.5. The van der Waals surface area contributed by atoms with Gasteiger partial charge in [0.1, 0.15) is 0 Å². The van der Waals surface area contributed by atoms with Gasteiger partial charge in [-0.15, -0.1) is 0 Å². The third-order valence-electron chi connectivity index (χ3n) is 3.21. The summed E-state index contributed by atoms with van der Waals surface area (Å²) in [6.07, 6.45) is 1.01. The van der Waals surface area contributed by atoms with Crippen molar-refractivity contribution in [2.24, 2.45) is 5.73 Å². The molecule has 18 heavy (non-hydrogen) atoms. The highest BCUT2D eigenvalue weighted by Crippen LogP contribution is 2.27. The first kappa shape index (κ1) is 13.1. The minimum Gasteiger partial charge on any atom is -0.330 e. The van der Waals surface area contributed by atoms with Crippen molar-refractivity contribution in [1.82, 2.24) is 0 Å². The molecule has 2 aromatic carbocycles. The van der Waals surface area contributed by atoms with E-state index in [9.17, 15) is 0 Å². The van der Waals surface area contributed by atoms with Crippen LogP contribution < -0.4 is 5.73 Å². The first-order valence-electron chi connectivity index (χ1n) is 6.26. The summed E-state index contributed by atoms with van der Waals surface area (Å²) >= 11 is 6.03. The third kappa shape index (κ3) is 3.12. The summed E-state index contributed by atoms with van der Waals surface area (Å²) in [5, 5.41) is 0.771. The van der Waals surface area contributed by atoms with Crippen molar-refractivity contribution in [3.63, 3.8) is 0 Å². The van der Waals surface area contributed by atoms with Gasteiger partial charge in [-0.2, -0.15) is 0 Å². The average molecular weight is 260 g/mol. The van der Waals surface area contributed by atoms with Gasteiger partial charge in [0, 0.05) is 5.02 Å². The van der Waals surface area contributed by atoms with E-state index >= 15 is 0 Å². The van der Waals surface area contributed by atoms with Gasteiger partial charge in [-0.05, 0) is 47.7 Å². The largest absolute Gasteiger partial charge is 0.330 e. The van der Waals surface area contributed by atoms with Crippen molar-refractivity contribution in [3.8, 4) is 11.1 Å². The molecule has 2 heteroatoms. The van der Waals surface area contributed by atoms with Crippen LogP contribution in [0.5, 0.6) is 0 Å². The molecule has 94 valence electrons. The van der Waals surface area contributed by atoms with Crippen LogP contribution in [0, 0.1) is 0 Å². The minimum atomic E-state index is 0.495. The summed E-state index contributed by atoms with van der Waals surface area (Å²) in [4.78, 5) is 0. The van der Waals surface area contributed by atoms with Gasteiger partial charge < -0.3 is 5.73 Å². The molecular formula is C16H18ClN. The topological polar surface area (TPSA) is 26.0 Å². The van der Waals surface area contributed by atoms with Gasteiger partial charge >= 0.3 is 0 Å². The predicted octanol–water partition coefficient (Wildman–Crippen LogP) is 4.46. The quantitative estimate of drug-likeness (QED) is 0.862. The maximum absolute atomic E-state index is 6.03. The van der Waals surface area contributed by atoms with Crippen molar-refractivity contribution in [3.05, 3.63) is 59.1 Å². The Morgan fingerprint density at radius 3 is 2.39 bits per heavy atom. The second-order valence-corrected chi connectivity index (χ2v) is 5.05. The summed E-state index contributed by atoms with van der Waals surface area (Å²) < 4.78 is 0. The number of halogens is 1. The Kier molecular flexibility index (Phi) is 4.40. The van der Waals surface area contributed by atoms with Crippen LogP contribution in [-0.2, 0) is 0 Å². The third-order valence-corrected chi connectivity index (χ3v) is 3.45. The zero-order valence-electron chi connectivity index (χ0n) is 10.6. The van der Waals surface area contributed by atoms with E-state index in [-0.39, 0.29) is 0 Å². The molecule has 0 spiro atoms. The Balaban J connectivity index is 2.32. The van der Waals surface area contributed by atoms with Crippen LogP contribution in [0.25, 0.3) is 11.1 Å². The molecular weight excluding hydrogens is 242 g/mol. The number of nitrogens with two attached hydrogens (primary N) is 1. The van der Waals surface area contributed by atoms with Gasteiger partial charge in [0.25, 0.3) is 0 Å². The lowest BCUT2D eigenvalue weighted by molar-refractivity contribution is 0.690. The SMILES string of the molecule is CC(CCN)c1cccc(-c2cccc(Cl)c2)c1. The highest BCUT2D eigenvalue weighted by Gasteiger charge is 2.06. The van der Waals surface area contributed by atoms with Crippen LogP contribution in [0.3, 0.4) is 0 Å². The molecule has 0 aliphatic carbocycles. The summed E-state index contributed by atoms with van der Waals surface area (Å²) in [5.74, 6) is 0.495. The fraction of sp³-hybridized carbons (Fsp3) is 0.250. The summed E-state index contributed by atoms with van der Waals surface area (Å²) in [5.41, 5.74) is 9.31. The maximum atomic E-state index is 6.03. The average Bonchev–Trinajstić information content (AvgIpc) is 2.39. The molecule has 0 amide bonds. The van der Waals surface area contributed by atoms with E-state index in [2.05, 4.69) is 37.3 Å². The Morgan fingerprint density at radius 2 is 1.72 bits per heavy atom. The lowest BCUT2D eigenvalue weighted by atomic mass is 9.94. The van der Waals surface area contributed by atoms with E-state index in [1.165, 1.54) is 11.1 Å². The molecule has 0 aliphatic heterocycles. The van der Waals surface area contributed by atoms with Crippen molar-refractivity contribution in [1.29, 1.82) is 0 Å².